The Bertz CT molecular complexity index is 1030. The lowest BCUT2D eigenvalue weighted by Gasteiger charge is -2.08. The predicted octanol–water partition coefficient (Wildman–Crippen LogP) is 6.67. The van der Waals surface area contributed by atoms with E-state index < -0.39 is 0 Å². The zero-order chi connectivity index (χ0) is 17.2. The van der Waals surface area contributed by atoms with E-state index in [1.165, 1.54) is 10.8 Å². The van der Waals surface area contributed by atoms with Crippen molar-refractivity contribution in [1.29, 1.82) is 0 Å². The number of hydrogen-bond donors (Lipinski definition) is 1. The molecule has 0 unspecified atom stereocenters. The Hall–Kier alpha value is -2.71. The Morgan fingerprint density at radius 2 is 1.76 bits per heavy atom. The summed E-state index contributed by atoms with van der Waals surface area (Å²) in [5, 5.41) is 6.66. The van der Waals surface area contributed by atoms with E-state index in [1.54, 1.807) is 0 Å². The quantitative estimate of drug-likeness (QED) is 0.445. The van der Waals surface area contributed by atoms with Gasteiger partial charge in [-0.05, 0) is 42.1 Å². The van der Waals surface area contributed by atoms with Crippen LogP contribution in [0.4, 0.5) is 5.69 Å². The number of anilines is 1. The van der Waals surface area contributed by atoms with Gasteiger partial charge in [0.25, 0.3) is 0 Å². The third-order valence-corrected chi connectivity index (χ3v) is 4.77. The Labute approximate surface area is 152 Å². The molecule has 4 rings (SSSR count). The summed E-state index contributed by atoms with van der Waals surface area (Å²) in [6.07, 6.45) is 0. The van der Waals surface area contributed by atoms with Crippen molar-refractivity contribution in [2.45, 2.75) is 13.5 Å². The minimum Gasteiger partial charge on any atom is -0.459 e. The molecule has 0 saturated heterocycles. The molecule has 124 valence electrons. The lowest BCUT2D eigenvalue weighted by molar-refractivity contribution is 0.531. The first-order valence-corrected chi connectivity index (χ1v) is 8.65. The van der Waals surface area contributed by atoms with Gasteiger partial charge in [0.2, 0.25) is 0 Å². The second-order valence-electron chi connectivity index (χ2n) is 6.11. The summed E-state index contributed by atoms with van der Waals surface area (Å²) in [6, 6.07) is 24.6. The first-order chi connectivity index (χ1) is 12.2. The fraction of sp³-hybridized carbons (Fsp3) is 0.0909. The number of benzene rings is 3. The first kappa shape index (κ1) is 15.8. The van der Waals surface area contributed by atoms with Crippen LogP contribution in [0.2, 0.25) is 5.02 Å². The summed E-state index contributed by atoms with van der Waals surface area (Å²) in [6.45, 7) is 2.63. The Morgan fingerprint density at radius 3 is 2.64 bits per heavy atom. The van der Waals surface area contributed by atoms with Crippen LogP contribution in [0.15, 0.2) is 77.2 Å². The van der Waals surface area contributed by atoms with Gasteiger partial charge in [0.05, 0.1) is 6.54 Å². The van der Waals surface area contributed by atoms with Gasteiger partial charge in [-0.3, -0.25) is 0 Å². The van der Waals surface area contributed by atoms with Gasteiger partial charge in [-0.15, -0.1) is 0 Å². The Kier molecular flexibility index (Phi) is 4.21. The smallest absolute Gasteiger partial charge is 0.134 e. The highest BCUT2D eigenvalue weighted by atomic mass is 35.5. The largest absolute Gasteiger partial charge is 0.459 e. The average molecular weight is 348 g/mol. The molecule has 0 fully saturated rings. The maximum Gasteiger partial charge on any atom is 0.134 e. The molecule has 3 aromatic carbocycles. The minimum absolute atomic E-state index is 0.633. The van der Waals surface area contributed by atoms with Crippen molar-refractivity contribution in [3.63, 3.8) is 0 Å². The van der Waals surface area contributed by atoms with E-state index in [4.69, 9.17) is 16.0 Å². The summed E-state index contributed by atoms with van der Waals surface area (Å²) < 4.78 is 5.98. The maximum atomic E-state index is 6.21. The molecule has 0 aliphatic heterocycles. The third kappa shape index (κ3) is 3.26. The van der Waals surface area contributed by atoms with Crippen LogP contribution in [0.5, 0.6) is 0 Å². The lowest BCUT2D eigenvalue weighted by atomic mass is 10.1. The molecule has 0 aliphatic rings. The standard InChI is InChI=1S/C22H18ClNO/c1-15-9-10-17(13-20(15)23)22-12-11-18(25-22)14-24-21-8-4-6-16-5-2-3-7-19(16)21/h2-13,24H,14H2,1H3. The molecule has 0 atom stereocenters. The molecule has 4 aromatic rings. The van der Waals surface area contributed by atoms with Crippen molar-refractivity contribution < 1.29 is 4.42 Å². The monoisotopic (exact) mass is 347 g/mol. The Balaban J connectivity index is 1.54. The highest BCUT2D eigenvalue weighted by Gasteiger charge is 2.07. The molecule has 0 amide bonds. The van der Waals surface area contributed by atoms with Crippen molar-refractivity contribution in [2.24, 2.45) is 0 Å². The van der Waals surface area contributed by atoms with Gasteiger partial charge in [0.1, 0.15) is 11.5 Å². The topological polar surface area (TPSA) is 25.2 Å². The summed E-state index contributed by atoms with van der Waals surface area (Å²) in [4.78, 5) is 0. The number of rotatable bonds is 4. The van der Waals surface area contributed by atoms with Crippen LogP contribution in [0, 0.1) is 6.92 Å². The zero-order valence-corrected chi connectivity index (χ0v) is 14.7. The molecule has 1 aromatic heterocycles. The number of nitrogens with one attached hydrogen (secondary N) is 1. The fourth-order valence-electron chi connectivity index (χ4n) is 2.94. The zero-order valence-electron chi connectivity index (χ0n) is 13.9. The molecule has 0 saturated carbocycles. The van der Waals surface area contributed by atoms with Gasteiger partial charge in [-0.1, -0.05) is 60.1 Å². The summed E-state index contributed by atoms with van der Waals surface area (Å²) in [7, 11) is 0. The van der Waals surface area contributed by atoms with Crippen LogP contribution in [-0.2, 0) is 6.54 Å². The number of fused-ring (bicyclic) bond motifs is 1. The molecule has 3 heteroatoms. The molecule has 1 heterocycles. The SMILES string of the molecule is Cc1ccc(-c2ccc(CNc3cccc4ccccc34)o2)cc1Cl. The van der Waals surface area contributed by atoms with Crippen LogP contribution in [0.3, 0.4) is 0 Å². The molecule has 0 radical (unpaired) electrons. The molecule has 0 spiro atoms. The van der Waals surface area contributed by atoms with E-state index >= 15 is 0 Å². The minimum atomic E-state index is 0.633. The first-order valence-electron chi connectivity index (χ1n) is 8.27. The van der Waals surface area contributed by atoms with Crippen LogP contribution in [0.25, 0.3) is 22.1 Å². The van der Waals surface area contributed by atoms with E-state index in [1.807, 2.05) is 37.3 Å². The number of hydrogen-bond acceptors (Lipinski definition) is 2. The van der Waals surface area contributed by atoms with E-state index in [2.05, 4.69) is 47.8 Å². The number of furan rings is 1. The van der Waals surface area contributed by atoms with Gasteiger partial charge in [0, 0.05) is 21.7 Å². The van der Waals surface area contributed by atoms with Gasteiger partial charge in [0.15, 0.2) is 0 Å². The summed E-state index contributed by atoms with van der Waals surface area (Å²) in [5.74, 6) is 1.72. The van der Waals surface area contributed by atoms with Gasteiger partial charge in [-0.25, -0.2) is 0 Å². The van der Waals surface area contributed by atoms with Crippen molar-refractivity contribution in [3.05, 3.63) is 89.1 Å². The van der Waals surface area contributed by atoms with Gasteiger partial charge < -0.3 is 9.73 Å². The molecular weight excluding hydrogens is 330 g/mol. The second-order valence-corrected chi connectivity index (χ2v) is 6.52. The predicted molar refractivity (Wildman–Crippen MR) is 105 cm³/mol. The van der Waals surface area contributed by atoms with Crippen LogP contribution in [0.1, 0.15) is 11.3 Å². The molecule has 0 aliphatic carbocycles. The Morgan fingerprint density at radius 1 is 0.920 bits per heavy atom. The van der Waals surface area contributed by atoms with Gasteiger partial charge in [-0.2, -0.15) is 0 Å². The molecule has 0 bridgehead atoms. The number of halogens is 1. The molecule has 25 heavy (non-hydrogen) atoms. The van der Waals surface area contributed by atoms with E-state index in [9.17, 15) is 0 Å². The number of aryl methyl sites for hydroxylation is 1. The van der Waals surface area contributed by atoms with E-state index in [0.717, 1.165) is 33.4 Å². The van der Waals surface area contributed by atoms with Crippen LogP contribution in [-0.4, -0.2) is 0 Å². The van der Waals surface area contributed by atoms with Crippen molar-refractivity contribution in [3.8, 4) is 11.3 Å². The average Bonchev–Trinajstić information content (AvgIpc) is 3.11. The van der Waals surface area contributed by atoms with Crippen molar-refractivity contribution in [2.75, 3.05) is 5.32 Å². The van der Waals surface area contributed by atoms with Gasteiger partial charge >= 0.3 is 0 Å². The molecular formula is C22H18ClNO. The van der Waals surface area contributed by atoms with Crippen molar-refractivity contribution >= 4 is 28.1 Å². The molecule has 2 nitrogen and oxygen atoms in total. The lowest BCUT2D eigenvalue weighted by Crippen LogP contribution is -1.98. The summed E-state index contributed by atoms with van der Waals surface area (Å²) in [5.41, 5.74) is 3.16. The van der Waals surface area contributed by atoms with E-state index in [-0.39, 0.29) is 0 Å². The maximum absolute atomic E-state index is 6.21. The highest BCUT2D eigenvalue weighted by Crippen LogP contribution is 2.28. The normalized spacial score (nSPS) is 11.0. The van der Waals surface area contributed by atoms with Crippen molar-refractivity contribution in [1.82, 2.24) is 0 Å². The summed E-state index contributed by atoms with van der Waals surface area (Å²) >= 11 is 6.21. The highest BCUT2D eigenvalue weighted by molar-refractivity contribution is 6.31. The second kappa shape index (κ2) is 6.66. The third-order valence-electron chi connectivity index (χ3n) is 4.36. The fourth-order valence-corrected chi connectivity index (χ4v) is 3.12. The van der Waals surface area contributed by atoms with Crippen LogP contribution >= 0.6 is 11.6 Å². The molecule has 1 N–H and O–H groups in total. The van der Waals surface area contributed by atoms with E-state index in [0.29, 0.717) is 6.54 Å². The van der Waals surface area contributed by atoms with Crippen LogP contribution < -0.4 is 5.32 Å².